The van der Waals surface area contributed by atoms with Crippen LogP contribution in [0.2, 0.25) is 0 Å². The number of hydrogen-bond acceptors (Lipinski definition) is 1. The van der Waals surface area contributed by atoms with Crippen molar-refractivity contribution >= 4 is 11.6 Å². The van der Waals surface area contributed by atoms with Crippen molar-refractivity contribution in [1.29, 1.82) is 0 Å². The minimum Gasteiger partial charge on any atom is -0.311 e. The molecule has 0 amide bonds. The molecule has 76 valence electrons. The van der Waals surface area contributed by atoms with Crippen LogP contribution in [0.25, 0.3) is 0 Å². The highest BCUT2D eigenvalue weighted by atomic mass is 35.5. The number of allylic oxidation sites excluding steroid dienone is 1. The molecule has 1 saturated carbocycles. The minimum atomic E-state index is 0.626. The van der Waals surface area contributed by atoms with E-state index < -0.39 is 0 Å². The van der Waals surface area contributed by atoms with E-state index in [-0.39, 0.29) is 0 Å². The van der Waals surface area contributed by atoms with E-state index in [1.54, 1.807) is 0 Å². The smallest absolute Gasteiger partial charge is 0.0404 e. The molecule has 1 atom stereocenters. The lowest BCUT2D eigenvalue weighted by atomic mass is 10.1. The van der Waals surface area contributed by atoms with Crippen LogP contribution < -0.4 is 5.32 Å². The molecule has 1 aliphatic rings. The molecule has 0 spiro atoms. The van der Waals surface area contributed by atoms with Gasteiger partial charge in [-0.25, -0.2) is 0 Å². The van der Waals surface area contributed by atoms with Crippen LogP contribution in [-0.2, 0) is 0 Å². The lowest BCUT2D eigenvalue weighted by Gasteiger charge is -2.14. The van der Waals surface area contributed by atoms with E-state index in [1.807, 2.05) is 6.08 Å². The fraction of sp³-hybridized carbons (Fsp3) is 0.818. The van der Waals surface area contributed by atoms with Crippen LogP contribution in [0.4, 0.5) is 0 Å². The van der Waals surface area contributed by atoms with Crippen LogP contribution in [0.3, 0.4) is 0 Å². The van der Waals surface area contributed by atoms with Gasteiger partial charge in [0.25, 0.3) is 0 Å². The quantitative estimate of drug-likeness (QED) is 0.494. The largest absolute Gasteiger partial charge is 0.311 e. The average Bonchev–Trinajstić information content (AvgIpc) is 2.94. The third kappa shape index (κ3) is 5.33. The highest BCUT2D eigenvalue weighted by Gasteiger charge is 2.23. The number of halogens is 1. The number of nitrogens with one attached hydrogen (secondary N) is 1. The highest BCUT2D eigenvalue weighted by molar-refractivity contribution is 6.18. The summed E-state index contributed by atoms with van der Waals surface area (Å²) in [7, 11) is 0. The predicted molar refractivity (Wildman–Crippen MR) is 59.3 cm³/mol. The summed E-state index contributed by atoms with van der Waals surface area (Å²) in [6.07, 6.45) is 9.63. The molecule has 0 aromatic carbocycles. The van der Waals surface area contributed by atoms with Gasteiger partial charge in [0.05, 0.1) is 0 Å². The molecule has 0 aromatic heterocycles. The van der Waals surface area contributed by atoms with Crippen LogP contribution >= 0.6 is 11.6 Å². The molecule has 13 heavy (non-hydrogen) atoms. The molecule has 0 saturated heterocycles. The van der Waals surface area contributed by atoms with Crippen LogP contribution in [-0.4, -0.2) is 18.5 Å². The topological polar surface area (TPSA) is 12.0 Å². The first-order valence-electron chi connectivity index (χ1n) is 5.31. The van der Waals surface area contributed by atoms with Gasteiger partial charge in [0.1, 0.15) is 0 Å². The van der Waals surface area contributed by atoms with Crippen molar-refractivity contribution in [2.75, 3.05) is 12.4 Å². The van der Waals surface area contributed by atoms with Crippen molar-refractivity contribution in [1.82, 2.24) is 5.32 Å². The zero-order chi connectivity index (χ0) is 9.52. The molecule has 1 unspecified atom stereocenters. The first-order valence-corrected chi connectivity index (χ1v) is 5.84. The summed E-state index contributed by atoms with van der Waals surface area (Å²) in [6, 6.07) is 0.715. The normalized spacial score (nSPS) is 19.5. The van der Waals surface area contributed by atoms with Gasteiger partial charge in [-0.2, -0.15) is 0 Å². The van der Waals surface area contributed by atoms with Crippen LogP contribution in [0.5, 0.6) is 0 Å². The Bertz CT molecular complexity index is 152. The summed E-state index contributed by atoms with van der Waals surface area (Å²) < 4.78 is 0. The van der Waals surface area contributed by atoms with Gasteiger partial charge < -0.3 is 5.32 Å². The summed E-state index contributed by atoms with van der Waals surface area (Å²) in [6.45, 7) is 3.23. The second-order valence-corrected chi connectivity index (χ2v) is 4.13. The van der Waals surface area contributed by atoms with E-state index in [0.29, 0.717) is 11.9 Å². The Morgan fingerprint density at radius 2 is 2.23 bits per heavy atom. The van der Waals surface area contributed by atoms with Gasteiger partial charge in [0.2, 0.25) is 0 Å². The summed E-state index contributed by atoms with van der Waals surface area (Å²) in [5.41, 5.74) is 0. The zero-order valence-corrected chi connectivity index (χ0v) is 9.19. The lowest BCUT2D eigenvalue weighted by Crippen LogP contribution is -2.28. The molecule has 0 heterocycles. The van der Waals surface area contributed by atoms with Crippen molar-refractivity contribution in [2.45, 2.75) is 38.6 Å². The molecule has 0 radical (unpaired) electrons. The Morgan fingerprint density at radius 1 is 1.46 bits per heavy atom. The van der Waals surface area contributed by atoms with E-state index in [2.05, 4.69) is 18.3 Å². The van der Waals surface area contributed by atoms with Crippen LogP contribution in [0, 0.1) is 5.92 Å². The standard InChI is InChI=1S/C11H20ClN/c1-2-11(9-10-5-6-10)13-8-4-3-7-12/h3-4,10-11,13H,2,5-9H2,1H3/b4-3+. The molecule has 1 nitrogen and oxygen atoms in total. The molecule has 0 bridgehead atoms. The van der Waals surface area contributed by atoms with Gasteiger partial charge in [-0.05, 0) is 18.8 Å². The molecular formula is C11H20ClN. The Hall–Kier alpha value is -0.0100. The number of hydrogen-bond donors (Lipinski definition) is 1. The van der Waals surface area contributed by atoms with Gasteiger partial charge in [-0.15, -0.1) is 11.6 Å². The zero-order valence-electron chi connectivity index (χ0n) is 8.43. The second-order valence-electron chi connectivity index (χ2n) is 3.82. The molecular weight excluding hydrogens is 182 g/mol. The van der Waals surface area contributed by atoms with E-state index >= 15 is 0 Å². The van der Waals surface area contributed by atoms with Gasteiger partial charge in [0, 0.05) is 18.5 Å². The van der Waals surface area contributed by atoms with Crippen molar-refractivity contribution in [2.24, 2.45) is 5.92 Å². The predicted octanol–water partition coefficient (Wildman–Crippen LogP) is 2.95. The maximum Gasteiger partial charge on any atom is 0.0404 e. The molecule has 0 aromatic rings. The van der Waals surface area contributed by atoms with Crippen molar-refractivity contribution in [3.05, 3.63) is 12.2 Å². The summed E-state index contributed by atoms with van der Waals surface area (Å²) >= 11 is 5.53. The van der Waals surface area contributed by atoms with Crippen molar-refractivity contribution in [3.8, 4) is 0 Å². The Kier molecular flexibility index (Phi) is 5.49. The number of rotatable bonds is 7. The van der Waals surface area contributed by atoms with Crippen molar-refractivity contribution < 1.29 is 0 Å². The molecule has 1 aliphatic carbocycles. The first kappa shape index (κ1) is 11.1. The third-order valence-corrected chi connectivity index (χ3v) is 2.77. The molecule has 1 fully saturated rings. The van der Waals surface area contributed by atoms with E-state index in [0.717, 1.165) is 12.5 Å². The van der Waals surface area contributed by atoms with E-state index in [4.69, 9.17) is 11.6 Å². The number of alkyl halides is 1. The van der Waals surface area contributed by atoms with Gasteiger partial charge in [0.15, 0.2) is 0 Å². The van der Waals surface area contributed by atoms with Gasteiger partial charge in [-0.3, -0.25) is 0 Å². The first-order chi connectivity index (χ1) is 6.36. The van der Waals surface area contributed by atoms with Gasteiger partial charge >= 0.3 is 0 Å². The lowest BCUT2D eigenvalue weighted by molar-refractivity contribution is 0.465. The highest BCUT2D eigenvalue weighted by Crippen LogP contribution is 2.33. The minimum absolute atomic E-state index is 0.626. The second kappa shape index (κ2) is 6.44. The van der Waals surface area contributed by atoms with E-state index in [1.165, 1.54) is 25.7 Å². The van der Waals surface area contributed by atoms with Crippen LogP contribution in [0.15, 0.2) is 12.2 Å². The summed E-state index contributed by atoms with van der Waals surface area (Å²) in [5, 5.41) is 3.53. The summed E-state index contributed by atoms with van der Waals surface area (Å²) in [4.78, 5) is 0. The molecule has 2 heteroatoms. The van der Waals surface area contributed by atoms with Crippen molar-refractivity contribution in [3.63, 3.8) is 0 Å². The maximum absolute atomic E-state index is 5.53. The Labute approximate surface area is 86.5 Å². The van der Waals surface area contributed by atoms with E-state index in [9.17, 15) is 0 Å². The van der Waals surface area contributed by atoms with Gasteiger partial charge in [-0.1, -0.05) is 31.9 Å². The average molecular weight is 202 g/mol. The molecule has 0 aliphatic heterocycles. The fourth-order valence-corrected chi connectivity index (χ4v) is 1.66. The monoisotopic (exact) mass is 201 g/mol. The molecule has 1 N–H and O–H groups in total. The van der Waals surface area contributed by atoms with Crippen LogP contribution in [0.1, 0.15) is 32.6 Å². The summed E-state index contributed by atoms with van der Waals surface area (Å²) in [5.74, 6) is 1.65. The molecule has 1 rings (SSSR count). The fourth-order valence-electron chi connectivity index (χ4n) is 1.53. The Balaban J connectivity index is 2.04. The third-order valence-electron chi connectivity index (χ3n) is 2.59. The maximum atomic E-state index is 5.53. The SMILES string of the molecule is CCC(CC1CC1)NC/C=C/CCl. The Morgan fingerprint density at radius 3 is 2.77 bits per heavy atom.